The number of nitrogens with zero attached hydrogens (tertiary/aromatic N) is 3. The number of fused-ring (bicyclic) bond motifs is 1. The number of pyridine rings is 1. The number of hydrogen-bond acceptors (Lipinski definition) is 3. The molecule has 4 rings (SSSR count). The molecule has 0 N–H and O–H groups in total. The molecule has 0 aliphatic heterocycles. The molecular weight excluding hydrogens is 382 g/mol. The van der Waals surface area contributed by atoms with Crippen molar-refractivity contribution in [1.29, 1.82) is 0 Å². The summed E-state index contributed by atoms with van der Waals surface area (Å²) in [6.07, 6.45) is 8.06. The van der Waals surface area contributed by atoms with Gasteiger partial charge in [-0.2, -0.15) is 5.10 Å². The van der Waals surface area contributed by atoms with Crippen LogP contribution in [-0.4, -0.2) is 21.5 Å². The van der Waals surface area contributed by atoms with E-state index in [1.54, 1.807) is 19.2 Å². The number of benzene rings is 1. The minimum atomic E-state index is 0.0905. The zero-order valence-corrected chi connectivity index (χ0v) is 15.6. The Morgan fingerprint density at radius 2 is 1.92 bits per heavy atom. The van der Waals surface area contributed by atoms with Gasteiger partial charge in [-0.25, -0.2) is 0 Å². The molecule has 5 nitrogen and oxygen atoms in total. The SMILES string of the molecule is COc1cc2nn(C3CCC(n4ccccc4=O)CC3)cc2cc1Br. The smallest absolute Gasteiger partial charge is 0.250 e. The first-order valence-corrected chi connectivity index (χ1v) is 9.34. The fraction of sp³-hybridized carbons (Fsp3) is 0.368. The lowest BCUT2D eigenvalue weighted by Crippen LogP contribution is -2.27. The van der Waals surface area contributed by atoms with Gasteiger partial charge in [0.1, 0.15) is 5.75 Å². The maximum Gasteiger partial charge on any atom is 0.250 e. The molecule has 0 amide bonds. The van der Waals surface area contributed by atoms with Crippen molar-refractivity contribution in [3.05, 3.63) is 57.6 Å². The fourth-order valence-corrected chi connectivity index (χ4v) is 4.25. The highest BCUT2D eigenvalue weighted by atomic mass is 79.9. The van der Waals surface area contributed by atoms with Crippen molar-refractivity contribution in [2.24, 2.45) is 0 Å². The number of halogens is 1. The van der Waals surface area contributed by atoms with Crippen molar-refractivity contribution < 1.29 is 4.74 Å². The van der Waals surface area contributed by atoms with Gasteiger partial charge < -0.3 is 9.30 Å². The number of aromatic nitrogens is 3. The van der Waals surface area contributed by atoms with Gasteiger partial charge in [-0.05, 0) is 53.7 Å². The minimum absolute atomic E-state index is 0.0905. The molecule has 1 aliphatic carbocycles. The lowest BCUT2D eigenvalue weighted by atomic mass is 9.91. The Labute approximate surface area is 154 Å². The van der Waals surface area contributed by atoms with Crippen LogP contribution in [0, 0.1) is 0 Å². The van der Waals surface area contributed by atoms with Gasteiger partial charge in [0.15, 0.2) is 0 Å². The summed E-state index contributed by atoms with van der Waals surface area (Å²) >= 11 is 3.53. The number of hydrogen-bond donors (Lipinski definition) is 0. The van der Waals surface area contributed by atoms with E-state index in [0.29, 0.717) is 12.1 Å². The van der Waals surface area contributed by atoms with Gasteiger partial charge in [0.25, 0.3) is 5.56 Å². The quantitative estimate of drug-likeness (QED) is 0.656. The molecule has 1 fully saturated rings. The standard InChI is InChI=1S/C19H20BrN3O2/c1-25-18-11-17-13(10-16(18)20)12-23(21-17)15-7-5-14(6-8-15)22-9-3-2-4-19(22)24/h2-4,9-12,14-15H,5-8H2,1H3. The lowest BCUT2D eigenvalue weighted by molar-refractivity contribution is 0.259. The van der Waals surface area contributed by atoms with E-state index in [4.69, 9.17) is 9.84 Å². The number of rotatable bonds is 3. The predicted octanol–water partition coefficient (Wildman–Crippen LogP) is 4.33. The van der Waals surface area contributed by atoms with Crippen LogP contribution in [0.3, 0.4) is 0 Å². The molecule has 0 spiro atoms. The van der Waals surface area contributed by atoms with Crippen LogP contribution >= 0.6 is 15.9 Å². The molecule has 0 unspecified atom stereocenters. The first kappa shape index (κ1) is 16.4. The van der Waals surface area contributed by atoms with Crippen LogP contribution < -0.4 is 10.3 Å². The zero-order valence-electron chi connectivity index (χ0n) is 14.1. The average Bonchev–Trinajstić information content (AvgIpc) is 3.04. The molecule has 0 radical (unpaired) electrons. The molecule has 2 heterocycles. The van der Waals surface area contributed by atoms with E-state index < -0.39 is 0 Å². The molecule has 0 atom stereocenters. The van der Waals surface area contributed by atoms with E-state index in [1.807, 2.05) is 29.0 Å². The van der Waals surface area contributed by atoms with Gasteiger partial charge >= 0.3 is 0 Å². The molecule has 25 heavy (non-hydrogen) atoms. The Kier molecular flexibility index (Phi) is 4.37. The zero-order chi connectivity index (χ0) is 17.4. The monoisotopic (exact) mass is 401 g/mol. The van der Waals surface area contributed by atoms with Gasteiger partial charge in [0, 0.05) is 36.0 Å². The van der Waals surface area contributed by atoms with E-state index in [2.05, 4.69) is 26.8 Å². The molecular formula is C19H20BrN3O2. The molecule has 130 valence electrons. The third-order valence-electron chi connectivity index (χ3n) is 5.08. The number of ether oxygens (including phenoxy) is 1. The van der Waals surface area contributed by atoms with Crippen molar-refractivity contribution >= 4 is 26.8 Å². The van der Waals surface area contributed by atoms with Gasteiger partial charge in [-0.15, -0.1) is 0 Å². The first-order valence-electron chi connectivity index (χ1n) is 8.55. The lowest BCUT2D eigenvalue weighted by Gasteiger charge is -2.29. The molecule has 3 aromatic rings. The van der Waals surface area contributed by atoms with Crippen molar-refractivity contribution in [3.8, 4) is 5.75 Å². The van der Waals surface area contributed by atoms with Gasteiger partial charge in [0.2, 0.25) is 0 Å². The van der Waals surface area contributed by atoms with E-state index in [0.717, 1.165) is 46.8 Å². The van der Waals surface area contributed by atoms with Crippen LogP contribution in [0.4, 0.5) is 0 Å². The Bertz CT molecular complexity index is 955. The average molecular weight is 402 g/mol. The highest BCUT2D eigenvalue weighted by molar-refractivity contribution is 9.10. The summed E-state index contributed by atoms with van der Waals surface area (Å²) in [7, 11) is 1.66. The summed E-state index contributed by atoms with van der Waals surface area (Å²) in [6, 6.07) is 10.1. The second-order valence-electron chi connectivity index (χ2n) is 6.56. The largest absolute Gasteiger partial charge is 0.495 e. The van der Waals surface area contributed by atoms with Crippen molar-refractivity contribution in [3.63, 3.8) is 0 Å². The summed E-state index contributed by atoms with van der Waals surface area (Å²) in [4.78, 5) is 12.0. The van der Waals surface area contributed by atoms with E-state index in [-0.39, 0.29) is 5.56 Å². The highest BCUT2D eigenvalue weighted by Gasteiger charge is 2.24. The van der Waals surface area contributed by atoms with Crippen LogP contribution in [-0.2, 0) is 0 Å². The van der Waals surface area contributed by atoms with Crippen LogP contribution in [0.25, 0.3) is 10.9 Å². The normalized spacial score (nSPS) is 20.7. The second kappa shape index (κ2) is 6.67. The summed E-state index contributed by atoms with van der Waals surface area (Å²) in [5.74, 6) is 0.796. The topological polar surface area (TPSA) is 49.0 Å². The molecule has 1 aliphatic rings. The van der Waals surface area contributed by atoms with Crippen molar-refractivity contribution in [1.82, 2.24) is 14.3 Å². The molecule has 0 saturated heterocycles. The maximum atomic E-state index is 12.0. The van der Waals surface area contributed by atoms with Crippen molar-refractivity contribution in [2.75, 3.05) is 7.11 Å². The third kappa shape index (κ3) is 3.11. The Balaban J connectivity index is 1.53. The third-order valence-corrected chi connectivity index (χ3v) is 5.70. The molecule has 1 aromatic carbocycles. The Hall–Kier alpha value is -2.08. The van der Waals surface area contributed by atoms with Gasteiger partial charge in [-0.1, -0.05) is 6.07 Å². The molecule has 1 saturated carbocycles. The summed E-state index contributed by atoms with van der Waals surface area (Å²) in [5.41, 5.74) is 1.04. The Morgan fingerprint density at radius 3 is 2.64 bits per heavy atom. The maximum absolute atomic E-state index is 12.0. The predicted molar refractivity (Wildman–Crippen MR) is 101 cm³/mol. The van der Waals surface area contributed by atoms with E-state index in [1.165, 1.54) is 0 Å². The van der Waals surface area contributed by atoms with Gasteiger partial charge in [-0.3, -0.25) is 9.48 Å². The van der Waals surface area contributed by atoms with E-state index in [9.17, 15) is 4.79 Å². The first-order chi connectivity index (χ1) is 12.2. The van der Waals surface area contributed by atoms with E-state index >= 15 is 0 Å². The van der Waals surface area contributed by atoms with Crippen molar-refractivity contribution in [2.45, 2.75) is 37.8 Å². The molecule has 6 heteroatoms. The van der Waals surface area contributed by atoms with Crippen LogP contribution in [0.5, 0.6) is 5.75 Å². The number of methoxy groups -OCH3 is 1. The minimum Gasteiger partial charge on any atom is -0.495 e. The summed E-state index contributed by atoms with van der Waals surface area (Å²) in [5, 5.41) is 5.85. The van der Waals surface area contributed by atoms with Gasteiger partial charge in [0.05, 0.1) is 23.1 Å². The highest BCUT2D eigenvalue weighted by Crippen LogP contribution is 2.36. The molecule has 2 aromatic heterocycles. The van der Waals surface area contributed by atoms with Crippen LogP contribution in [0.1, 0.15) is 37.8 Å². The fourth-order valence-electron chi connectivity index (χ4n) is 3.73. The van der Waals surface area contributed by atoms with Crippen LogP contribution in [0.15, 0.2) is 52.0 Å². The second-order valence-corrected chi connectivity index (χ2v) is 7.42. The summed E-state index contributed by atoms with van der Waals surface area (Å²) < 4.78 is 10.2. The van der Waals surface area contributed by atoms with Crippen LogP contribution in [0.2, 0.25) is 0 Å². The Morgan fingerprint density at radius 1 is 1.16 bits per heavy atom. The summed E-state index contributed by atoms with van der Waals surface area (Å²) in [6.45, 7) is 0. The molecule has 0 bridgehead atoms.